The van der Waals surface area contributed by atoms with E-state index >= 15 is 0 Å². The zero-order valence-electron chi connectivity index (χ0n) is 22.9. The van der Waals surface area contributed by atoms with Crippen molar-refractivity contribution in [1.82, 2.24) is 0 Å². The second kappa shape index (κ2) is 14.1. The summed E-state index contributed by atoms with van der Waals surface area (Å²) in [6, 6.07) is 35.5. The highest BCUT2D eigenvalue weighted by molar-refractivity contribution is 5.75. The lowest BCUT2D eigenvalue weighted by Gasteiger charge is -2.15. The Balaban J connectivity index is 1.33. The predicted octanol–water partition coefficient (Wildman–Crippen LogP) is 8.01. The summed E-state index contributed by atoms with van der Waals surface area (Å²) in [5.41, 5.74) is 8.14. The number of allylic oxidation sites excluding steroid dienone is 1. The molecule has 0 aliphatic rings. The summed E-state index contributed by atoms with van der Waals surface area (Å²) in [5.74, 6) is 0.453. The maximum Gasteiger partial charge on any atom is 0.335 e. The lowest BCUT2D eigenvalue weighted by molar-refractivity contribution is -0.156. The van der Waals surface area contributed by atoms with Crippen LogP contribution in [0.4, 0.5) is 0 Å². The second-order valence-electron chi connectivity index (χ2n) is 9.27. The first-order valence-corrected chi connectivity index (χ1v) is 13.5. The third-order valence-electron chi connectivity index (χ3n) is 6.54. The number of carbonyl (C=O) groups excluding carboxylic acids is 1. The van der Waals surface area contributed by atoms with E-state index in [4.69, 9.17) is 14.2 Å². The van der Waals surface area contributed by atoms with E-state index in [0.29, 0.717) is 26.2 Å². The van der Waals surface area contributed by atoms with Crippen LogP contribution >= 0.6 is 0 Å². The number of ether oxygens (including phenoxy) is 3. The van der Waals surface area contributed by atoms with Gasteiger partial charge in [0.2, 0.25) is 0 Å². The fraction of sp³-hybridized carbons (Fsp3) is 0.229. The molecule has 0 saturated carbocycles. The van der Waals surface area contributed by atoms with Crippen LogP contribution in [0.3, 0.4) is 0 Å². The molecular formula is C35H36O4. The van der Waals surface area contributed by atoms with Crippen LogP contribution in [-0.2, 0) is 20.7 Å². The Labute approximate surface area is 231 Å². The van der Waals surface area contributed by atoms with Crippen molar-refractivity contribution in [1.29, 1.82) is 0 Å². The molecule has 0 radical (unpaired) electrons. The molecule has 0 heterocycles. The Morgan fingerprint density at radius 1 is 0.744 bits per heavy atom. The van der Waals surface area contributed by atoms with Crippen LogP contribution in [0.1, 0.15) is 31.9 Å². The highest BCUT2D eigenvalue weighted by Gasteiger charge is 2.20. The summed E-state index contributed by atoms with van der Waals surface area (Å²) in [6.07, 6.45) is 1.97. The van der Waals surface area contributed by atoms with Gasteiger partial charge in [0.15, 0.2) is 6.10 Å². The van der Waals surface area contributed by atoms with Crippen LogP contribution in [-0.4, -0.2) is 31.9 Å². The fourth-order valence-corrected chi connectivity index (χ4v) is 4.40. The van der Waals surface area contributed by atoms with E-state index in [1.165, 1.54) is 22.3 Å². The van der Waals surface area contributed by atoms with Crippen molar-refractivity contribution in [2.75, 3.05) is 19.8 Å². The molecular weight excluding hydrogens is 484 g/mol. The first-order chi connectivity index (χ1) is 19.1. The molecule has 0 amide bonds. The quantitative estimate of drug-likeness (QED) is 0.178. The van der Waals surface area contributed by atoms with Crippen molar-refractivity contribution >= 4 is 11.5 Å². The molecule has 0 fully saturated rings. The predicted molar refractivity (Wildman–Crippen MR) is 159 cm³/mol. The summed E-state index contributed by atoms with van der Waals surface area (Å²) in [4.78, 5) is 12.1. The minimum atomic E-state index is -0.591. The highest BCUT2D eigenvalue weighted by Crippen LogP contribution is 2.27. The number of hydrogen-bond acceptors (Lipinski definition) is 4. The van der Waals surface area contributed by atoms with E-state index in [9.17, 15) is 4.79 Å². The van der Waals surface area contributed by atoms with Gasteiger partial charge < -0.3 is 14.2 Å². The van der Waals surface area contributed by atoms with Gasteiger partial charge in [-0.1, -0.05) is 84.9 Å². The van der Waals surface area contributed by atoms with Crippen molar-refractivity contribution < 1.29 is 19.0 Å². The van der Waals surface area contributed by atoms with Crippen LogP contribution in [0, 0.1) is 0 Å². The summed E-state index contributed by atoms with van der Waals surface area (Å²) >= 11 is 0. The van der Waals surface area contributed by atoms with E-state index < -0.39 is 6.10 Å². The van der Waals surface area contributed by atoms with Gasteiger partial charge in [-0.3, -0.25) is 0 Å². The molecule has 4 heteroatoms. The number of esters is 1. The molecule has 0 aliphatic heterocycles. The Kier molecular flexibility index (Phi) is 10.1. The summed E-state index contributed by atoms with van der Waals surface area (Å²) in [6.45, 7) is 7.04. The molecule has 1 unspecified atom stereocenters. The summed E-state index contributed by atoms with van der Waals surface area (Å²) < 4.78 is 16.6. The van der Waals surface area contributed by atoms with E-state index in [0.717, 1.165) is 22.4 Å². The van der Waals surface area contributed by atoms with E-state index in [-0.39, 0.29) is 5.97 Å². The minimum absolute atomic E-state index is 0.325. The van der Waals surface area contributed by atoms with Gasteiger partial charge in [0.05, 0.1) is 6.61 Å². The molecule has 200 valence electrons. The van der Waals surface area contributed by atoms with Gasteiger partial charge in [-0.25, -0.2) is 4.79 Å². The molecule has 1 atom stereocenters. The molecule has 4 aromatic carbocycles. The zero-order chi connectivity index (χ0) is 27.5. The molecule has 0 N–H and O–H groups in total. The molecule has 4 aromatic rings. The standard InChI is InChI=1S/C35H36O4/c1-4-37-34(35(36)38-5-2)24-27-14-20-33(21-15-27)39-23-22-26(3)28-16-18-30(19-17-28)32-13-9-12-31(25-32)29-10-7-6-8-11-29/h6-22,25,34H,4-5,23-24H2,1-3H3/b26-22+. The zero-order valence-corrected chi connectivity index (χ0v) is 22.9. The molecule has 4 nitrogen and oxygen atoms in total. The van der Waals surface area contributed by atoms with E-state index in [1.54, 1.807) is 6.92 Å². The van der Waals surface area contributed by atoms with Gasteiger partial charge in [-0.2, -0.15) is 0 Å². The maximum absolute atomic E-state index is 12.1. The van der Waals surface area contributed by atoms with Crippen LogP contribution in [0.2, 0.25) is 0 Å². The van der Waals surface area contributed by atoms with Crippen molar-refractivity contribution in [2.45, 2.75) is 33.3 Å². The van der Waals surface area contributed by atoms with Crippen molar-refractivity contribution in [2.24, 2.45) is 0 Å². The van der Waals surface area contributed by atoms with Crippen LogP contribution in [0.15, 0.2) is 109 Å². The number of benzene rings is 4. The fourth-order valence-electron chi connectivity index (χ4n) is 4.40. The van der Waals surface area contributed by atoms with Gasteiger partial charge in [0.1, 0.15) is 12.4 Å². The van der Waals surface area contributed by atoms with Gasteiger partial charge >= 0.3 is 5.97 Å². The van der Waals surface area contributed by atoms with Crippen molar-refractivity contribution in [3.63, 3.8) is 0 Å². The molecule has 0 bridgehead atoms. The average molecular weight is 521 g/mol. The Bertz CT molecular complexity index is 1360. The highest BCUT2D eigenvalue weighted by atomic mass is 16.6. The Morgan fingerprint density at radius 2 is 1.38 bits per heavy atom. The first-order valence-electron chi connectivity index (χ1n) is 13.5. The molecule has 0 aromatic heterocycles. The van der Waals surface area contributed by atoms with Gasteiger partial charge in [0, 0.05) is 13.0 Å². The number of hydrogen-bond donors (Lipinski definition) is 0. The lowest BCUT2D eigenvalue weighted by Crippen LogP contribution is -2.28. The van der Waals surface area contributed by atoms with E-state index in [1.807, 2.05) is 37.3 Å². The molecule has 39 heavy (non-hydrogen) atoms. The van der Waals surface area contributed by atoms with Crippen LogP contribution < -0.4 is 4.74 Å². The monoisotopic (exact) mass is 520 g/mol. The van der Waals surface area contributed by atoms with Crippen LogP contribution in [0.25, 0.3) is 27.8 Å². The minimum Gasteiger partial charge on any atom is -0.490 e. The topological polar surface area (TPSA) is 44.8 Å². The number of carbonyl (C=O) groups is 1. The normalized spacial score (nSPS) is 12.1. The van der Waals surface area contributed by atoms with Crippen molar-refractivity contribution in [3.8, 4) is 28.0 Å². The van der Waals surface area contributed by atoms with Crippen molar-refractivity contribution in [3.05, 3.63) is 120 Å². The van der Waals surface area contributed by atoms with Crippen LogP contribution in [0.5, 0.6) is 5.75 Å². The lowest BCUT2D eigenvalue weighted by atomic mass is 9.97. The SMILES string of the molecule is CCOC(=O)C(Cc1ccc(OC/C=C(\C)c2ccc(-c3cccc(-c4ccccc4)c3)cc2)cc1)OCC. The molecule has 0 saturated heterocycles. The molecule has 4 rings (SSSR count). The van der Waals surface area contributed by atoms with Gasteiger partial charge in [-0.05, 0) is 84.0 Å². The third kappa shape index (κ3) is 7.92. The van der Waals surface area contributed by atoms with Gasteiger partial charge in [-0.15, -0.1) is 0 Å². The molecule has 0 aliphatic carbocycles. The molecule has 0 spiro atoms. The summed E-state index contributed by atoms with van der Waals surface area (Å²) in [5, 5.41) is 0. The Hall–Kier alpha value is -4.15. The third-order valence-corrected chi connectivity index (χ3v) is 6.54. The van der Waals surface area contributed by atoms with Gasteiger partial charge in [0.25, 0.3) is 0 Å². The van der Waals surface area contributed by atoms with E-state index in [2.05, 4.69) is 85.8 Å². The average Bonchev–Trinajstić information content (AvgIpc) is 2.98. The summed E-state index contributed by atoms with van der Waals surface area (Å²) in [7, 11) is 0. The first kappa shape index (κ1) is 27.9. The largest absolute Gasteiger partial charge is 0.490 e. The maximum atomic E-state index is 12.1. The second-order valence-corrected chi connectivity index (χ2v) is 9.27. The number of rotatable bonds is 12. The Morgan fingerprint density at radius 3 is 2.03 bits per heavy atom. The smallest absolute Gasteiger partial charge is 0.335 e.